The minimum absolute atomic E-state index is 0.205. The fraction of sp³-hybridized carbons (Fsp3) is 0.400. The third-order valence-electron chi connectivity index (χ3n) is 6.72. The van der Waals surface area contributed by atoms with Crippen LogP contribution in [0.15, 0.2) is 42.5 Å². The highest BCUT2D eigenvalue weighted by atomic mass is 19.4. The molecule has 3 aromatic rings. The zero-order valence-electron chi connectivity index (χ0n) is 24.5. The van der Waals surface area contributed by atoms with Crippen LogP contribution in [0.4, 0.5) is 31.1 Å². The first-order valence-electron chi connectivity index (χ1n) is 13.8. The highest BCUT2D eigenvalue weighted by Gasteiger charge is 2.42. The number of hydrogen-bond donors (Lipinski definition) is 1. The average Bonchev–Trinajstić information content (AvgIpc) is 3.34. The Morgan fingerprint density at radius 3 is 2.29 bits per heavy atom. The van der Waals surface area contributed by atoms with Crippen LogP contribution < -0.4 is 5.32 Å². The molecule has 9 nitrogen and oxygen atoms in total. The van der Waals surface area contributed by atoms with E-state index in [0.717, 1.165) is 9.47 Å². The monoisotopic (exact) mass is 640 g/mol. The van der Waals surface area contributed by atoms with Crippen molar-refractivity contribution in [2.75, 3.05) is 6.54 Å². The number of alkyl halides is 3. The van der Waals surface area contributed by atoms with Crippen molar-refractivity contribution in [2.24, 2.45) is 0 Å². The Balaban J connectivity index is 1.56. The van der Waals surface area contributed by atoms with Crippen LogP contribution in [0.3, 0.4) is 0 Å². The van der Waals surface area contributed by atoms with Crippen molar-refractivity contribution in [1.82, 2.24) is 19.8 Å². The number of amides is 2. The summed E-state index contributed by atoms with van der Waals surface area (Å²) in [6.07, 6.45) is -6.85. The Hall–Kier alpha value is -4.56. The molecule has 1 atom stereocenters. The van der Waals surface area contributed by atoms with Crippen LogP contribution in [0.5, 0.6) is 0 Å². The molecule has 0 bridgehead atoms. The molecule has 1 aliphatic heterocycles. The van der Waals surface area contributed by atoms with Crippen molar-refractivity contribution in [2.45, 2.75) is 71.1 Å². The molecular formula is C30H30F6N4O5. The van der Waals surface area contributed by atoms with E-state index in [1.807, 2.05) is 0 Å². The standard InChI is InChI=1S/C30H30F6N4O5/c1-29(2,3)45-28(43)37-19(11-18-12-21(32)22(33)14-20(18)31)13-24(41)39-9-10-40-23(15-39)25(38-27(40)30(34,35)36)26(42)44-16-17-7-5-4-6-8-17/h4-8,12,14,19H,9-11,13,15-16H2,1-3H3,(H,37,43). The van der Waals surface area contributed by atoms with Gasteiger partial charge in [0.25, 0.3) is 0 Å². The molecule has 242 valence electrons. The molecule has 45 heavy (non-hydrogen) atoms. The van der Waals surface area contributed by atoms with Crippen LogP contribution in [0.2, 0.25) is 0 Å². The van der Waals surface area contributed by atoms with Gasteiger partial charge in [-0.15, -0.1) is 0 Å². The van der Waals surface area contributed by atoms with E-state index in [1.165, 1.54) is 0 Å². The van der Waals surface area contributed by atoms with Gasteiger partial charge >= 0.3 is 18.2 Å². The van der Waals surface area contributed by atoms with E-state index in [9.17, 15) is 40.7 Å². The first kappa shape index (κ1) is 33.3. The Morgan fingerprint density at radius 1 is 0.978 bits per heavy atom. The molecule has 0 fully saturated rings. The van der Waals surface area contributed by atoms with E-state index in [0.29, 0.717) is 17.7 Å². The molecule has 1 N–H and O–H groups in total. The van der Waals surface area contributed by atoms with Crippen LogP contribution in [0.25, 0.3) is 0 Å². The quantitative estimate of drug-likeness (QED) is 0.197. The first-order valence-corrected chi connectivity index (χ1v) is 13.8. The number of nitrogens with zero attached hydrogens (tertiary/aromatic N) is 3. The minimum Gasteiger partial charge on any atom is -0.456 e. The molecule has 0 saturated heterocycles. The van der Waals surface area contributed by atoms with Crippen molar-refractivity contribution in [3.05, 3.63) is 88.3 Å². The van der Waals surface area contributed by atoms with Crippen LogP contribution in [-0.2, 0) is 46.6 Å². The number of carbonyl (C=O) groups is 3. The van der Waals surface area contributed by atoms with Gasteiger partial charge in [-0.3, -0.25) is 4.79 Å². The SMILES string of the molecule is CC(C)(C)OC(=O)NC(CC(=O)N1CCn2c(C(F)(F)F)nc(C(=O)OCc3ccccc3)c2C1)Cc1cc(F)c(F)cc1F. The number of aromatic nitrogens is 2. The molecule has 0 aliphatic carbocycles. The highest BCUT2D eigenvalue weighted by molar-refractivity contribution is 5.89. The van der Waals surface area contributed by atoms with Crippen molar-refractivity contribution >= 4 is 18.0 Å². The summed E-state index contributed by atoms with van der Waals surface area (Å²) in [6, 6.07) is 8.18. The van der Waals surface area contributed by atoms with E-state index in [1.54, 1.807) is 51.1 Å². The van der Waals surface area contributed by atoms with Gasteiger partial charge in [0.1, 0.15) is 18.0 Å². The Labute approximate surface area is 254 Å². The fourth-order valence-electron chi connectivity index (χ4n) is 4.73. The van der Waals surface area contributed by atoms with Gasteiger partial charge in [0.2, 0.25) is 11.7 Å². The van der Waals surface area contributed by atoms with Gasteiger partial charge in [-0.2, -0.15) is 13.2 Å². The van der Waals surface area contributed by atoms with Gasteiger partial charge in [-0.1, -0.05) is 30.3 Å². The van der Waals surface area contributed by atoms with Gasteiger partial charge in [0.15, 0.2) is 17.3 Å². The van der Waals surface area contributed by atoms with Crippen molar-refractivity contribution in [3.63, 3.8) is 0 Å². The largest absolute Gasteiger partial charge is 0.456 e. The third-order valence-corrected chi connectivity index (χ3v) is 6.72. The molecule has 1 aromatic heterocycles. The summed E-state index contributed by atoms with van der Waals surface area (Å²) < 4.78 is 94.5. The van der Waals surface area contributed by atoms with Crippen LogP contribution >= 0.6 is 0 Å². The second-order valence-electron chi connectivity index (χ2n) is 11.4. The van der Waals surface area contributed by atoms with Gasteiger partial charge in [0.05, 0.1) is 12.2 Å². The lowest BCUT2D eigenvalue weighted by Crippen LogP contribution is -2.45. The molecular weight excluding hydrogens is 610 g/mol. The summed E-state index contributed by atoms with van der Waals surface area (Å²) in [5.41, 5.74) is -1.50. The number of hydrogen-bond acceptors (Lipinski definition) is 6. The molecule has 0 radical (unpaired) electrons. The Kier molecular flexibility index (Phi) is 9.78. The zero-order valence-corrected chi connectivity index (χ0v) is 24.5. The molecule has 2 heterocycles. The molecule has 1 aliphatic rings. The Morgan fingerprint density at radius 2 is 1.64 bits per heavy atom. The van der Waals surface area contributed by atoms with Gasteiger partial charge < -0.3 is 24.3 Å². The number of fused-ring (bicyclic) bond motifs is 1. The summed E-state index contributed by atoms with van der Waals surface area (Å²) in [6.45, 7) is 3.47. The van der Waals surface area contributed by atoms with Crippen LogP contribution in [0.1, 0.15) is 60.3 Å². The summed E-state index contributed by atoms with van der Waals surface area (Å²) in [4.78, 5) is 43.5. The number of carbonyl (C=O) groups excluding carboxylic acids is 3. The average molecular weight is 641 g/mol. The molecule has 0 spiro atoms. The zero-order chi connectivity index (χ0) is 33.1. The highest BCUT2D eigenvalue weighted by Crippen LogP contribution is 2.33. The maximum absolute atomic E-state index is 14.5. The van der Waals surface area contributed by atoms with E-state index in [-0.39, 0.29) is 31.0 Å². The molecule has 15 heteroatoms. The Bertz CT molecular complexity index is 1570. The van der Waals surface area contributed by atoms with Crippen LogP contribution in [0, 0.1) is 17.5 Å². The maximum Gasteiger partial charge on any atom is 0.449 e. The van der Waals surface area contributed by atoms with Crippen molar-refractivity contribution in [3.8, 4) is 0 Å². The van der Waals surface area contributed by atoms with E-state index in [2.05, 4.69) is 10.3 Å². The number of rotatable bonds is 8. The molecule has 4 rings (SSSR count). The number of nitrogens with one attached hydrogen (secondary N) is 1. The number of imidazole rings is 1. The topological polar surface area (TPSA) is 103 Å². The predicted molar refractivity (Wildman–Crippen MR) is 146 cm³/mol. The lowest BCUT2D eigenvalue weighted by molar-refractivity contribution is -0.148. The predicted octanol–water partition coefficient (Wildman–Crippen LogP) is 5.54. The molecule has 1 unspecified atom stereocenters. The number of alkyl carbamates (subject to hydrolysis) is 1. The smallest absolute Gasteiger partial charge is 0.449 e. The minimum atomic E-state index is -4.91. The molecule has 2 aromatic carbocycles. The second-order valence-corrected chi connectivity index (χ2v) is 11.4. The van der Waals surface area contributed by atoms with E-state index >= 15 is 0 Å². The van der Waals surface area contributed by atoms with Gasteiger partial charge in [0, 0.05) is 31.6 Å². The van der Waals surface area contributed by atoms with Gasteiger partial charge in [-0.05, 0) is 44.4 Å². The molecule has 0 saturated carbocycles. The number of esters is 1. The maximum atomic E-state index is 14.5. The summed E-state index contributed by atoms with van der Waals surface area (Å²) in [5, 5.41) is 2.43. The third kappa shape index (κ3) is 8.54. The van der Waals surface area contributed by atoms with Crippen molar-refractivity contribution in [1.29, 1.82) is 0 Å². The summed E-state index contributed by atoms with van der Waals surface area (Å²) in [5.74, 6) is -7.02. The van der Waals surface area contributed by atoms with Gasteiger partial charge in [-0.25, -0.2) is 27.7 Å². The number of halogens is 6. The van der Waals surface area contributed by atoms with Crippen LogP contribution in [-0.4, -0.2) is 50.6 Å². The fourth-order valence-corrected chi connectivity index (χ4v) is 4.73. The number of ether oxygens (including phenoxy) is 2. The summed E-state index contributed by atoms with van der Waals surface area (Å²) in [7, 11) is 0. The number of benzene rings is 2. The van der Waals surface area contributed by atoms with Crippen molar-refractivity contribution < 1.29 is 50.2 Å². The second kappa shape index (κ2) is 13.2. The summed E-state index contributed by atoms with van der Waals surface area (Å²) >= 11 is 0. The normalized spacial score (nSPS) is 14.0. The lowest BCUT2D eigenvalue weighted by atomic mass is 10.0. The van der Waals surface area contributed by atoms with E-state index in [4.69, 9.17) is 9.47 Å². The molecule has 2 amide bonds. The van der Waals surface area contributed by atoms with E-state index < -0.39 is 84.1 Å². The lowest BCUT2D eigenvalue weighted by Gasteiger charge is -2.31. The first-order chi connectivity index (χ1) is 21.0.